The van der Waals surface area contributed by atoms with Crippen LogP contribution >= 0.6 is 0 Å². The molecule has 0 bridgehead atoms. The summed E-state index contributed by atoms with van der Waals surface area (Å²) >= 11 is 0. The number of hydrogen-bond acceptors (Lipinski definition) is 4. The molecule has 138 valence electrons. The number of methoxy groups -OCH3 is 2. The fourth-order valence-electron chi connectivity index (χ4n) is 2.36. The molecule has 2 aromatic carbocycles. The van der Waals surface area contributed by atoms with Crippen LogP contribution in [0.25, 0.3) is 0 Å². The molecule has 0 aliphatic heterocycles. The monoisotopic (exact) mass is 356 g/mol. The first kappa shape index (κ1) is 19.3. The van der Waals surface area contributed by atoms with E-state index in [0.717, 1.165) is 0 Å². The van der Waals surface area contributed by atoms with Gasteiger partial charge in [0.1, 0.15) is 11.5 Å². The zero-order valence-electron chi connectivity index (χ0n) is 15.5. The van der Waals surface area contributed by atoms with Gasteiger partial charge in [-0.1, -0.05) is 26.0 Å². The fraction of sp³-hybridized carbons (Fsp3) is 0.300. The van der Waals surface area contributed by atoms with Crippen LogP contribution < -0.4 is 20.1 Å². The summed E-state index contributed by atoms with van der Waals surface area (Å²) in [6.45, 7) is 4.60. The number of para-hydroxylation sites is 1. The van der Waals surface area contributed by atoms with Gasteiger partial charge < -0.3 is 20.1 Å². The van der Waals surface area contributed by atoms with Crippen LogP contribution in [-0.2, 0) is 0 Å². The van der Waals surface area contributed by atoms with Crippen molar-refractivity contribution < 1.29 is 19.1 Å². The summed E-state index contributed by atoms with van der Waals surface area (Å²) in [6, 6.07) is 11.8. The van der Waals surface area contributed by atoms with Crippen molar-refractivity contribution in [3.05, 3.63) is 53.6 Å². The second-order valence-electron chi connectivity index (χ2n) is 6.17. The molecular weight excluding hydrogens is 332 g/mol. The number of nitrogens with one attached hydrogen (secondary N) is 2. The van der Waals surface area contributed by atoms with E-state index >= 15 is 0 Å². The lowest BCUT2D eigenvalue weighted by atomic mass is 10.1. The van der Waals surface area contributed by atoms with E-state index in [1.807, 2.05) is 13.8 Å². The van der Waals surface area contributed by atoms with Crippen molar-refractivity contribution in [3.8, 4) is 11.5 Å². The zero-order valence-corrected chi connectivity index (χ0v) is 15.5. The highest BCUT2D eigenvalue weighted by molar-refractivity contribution is 6.10. The van der Waals surface area contributed by atoms with Crippen molar-refractivity contribution >= 4 is 17.5 Å². The zero-order chi connectivity index (χ0) is 19.1. The lowest BCUT2D eigenvalue weighted by Crippen LogP contribution is -2.28. The van der Waals surface area contributed by atoms with Crippen LogP contribution in [0.1, 0.15) is 34.6 Å². The molecule has 0 spiro atoms. The van der Waals surface area contributed by atoms with Gasteiger partial charge in [-0.15, -0.1) is 0 Å². The molecule has 0 radical (unpaired) electrons. The molecule has 0 saturated heterocycles. The van der Waals surface area contributed by atoms with E-state index in [9.17, 15) is 9.59 Å². The molecule has 0 saturated carbocycles. The molecule has 0 heterocycles. The quantitative estimate of drug-likeness (QED) is 0.798. The van der Waals surface area contributed by atoms with Crippen molar-refractivity contribution in [1.29, 1.82) is 0 Å². The Labute approximate surface area is 153 Å². The van der Waals surface area contributed by atoms with Gasteiger partial charge in [-0.2, -0.15) is 0 Å². The van der Waals surface area contributed by atoms with Crippen molar-refractivity contribution in [2.45, 2.75) is 13.8 Å². The second kappa shape index (κ2) is 8.89. The van der Waals surface area contributed by atoms with Crippen LogP contribution in [0, 0.1) is 5.92 Å². The number of benzene rings is 2. The van der Waals surface area contributed by atoms with Crippen LogP contribution in [0.15, 0.2) is 42.5 Å². The van der Waals surface area contributed by atoms with Crippen LogP contribution in [0.4, 0.5) is 5.69 Å². The summed E-state index contributed by atoms with van der Waals surface area (Å²) in [7, 11) is 3.03. The Morgan fingerprint density at radius 1 is 0.962 bits per heavy atom. The Morgan fingerprint density at radius 3 is 2.35 bits per heavy atom. The Balaban J connectivity index is 2.23. The lowest BCUT2D eigenvalue weighted by Gasteiger charge is -2.14. The van der Waals surface area contributed by atoms with Gasteiger partial charge in [0, 0.05) is 12.6 Å². The van der Waals surface area contributed by atoms with E-state index in [-0.39, 0.29) is 11.8 Å². The minimum atomic E-state index is -0.367. The van der Waals surface area contributed by atoms with Crippen molar-refractivity contribution in [2.24, 2.45) is 5.92 Å². The van der Waals surface area contributed by atoms with Crippen molar-refractivity contribution in [1.82, 2.24) is 5.32 Å². The molecule has 0 fully saturated rings. The first-order chi connectivity index (χ1) is 12.5. The topological polar surface area (TPSA) is 76.7 Å². The van der Waals surface area contributed by atoms with E-state index in [2.05, 4.69) is 10.6 Å². The minimum absolute atomic E-state index is 0.226. The normalized spacial score (nSPS) is 10.3. The van der Waals surface area contributed by atoms with Crippen LogP contribution in [0.2, 0.25) is 0 Å². The molecule has 2 amide bonds. The van der Waals surface area contributed by atoms with E-state index in [1.165, 1.54) is 7.11 Å². The number of hydrogen-bond donors (Lipinski definition) is 2. The molecule has 0 aromatic heterocycles. The SMILES string of the molecule is COc1ccc(C(=O)Nc2ccccc2C(=O)NCC(C)C)c(OC)c1. The summed E-state index contributed by atoms with van der Waals surface area (Å²) in [4.78, 5) is 25.1. The van der Waals surface area contributed by atoms with Gasteiger partial charge in [-0.25, -0.2) is 0 Å². The van der Waals surface area contributed by atoms with Crippen molar-refractivity contribution in [2.75, 3.05) is 26.1 Å². The van der Waals surface area contributed by atoms with Crippen LogP contribution in [-0.4, -0.2) is 32.6 Å². The van der Waals surface area contributed by atoms with Crippen LogP contribution in [0.5, 0.6) is 11.5 Å². The lowest BCUT2D eigenvalue weighted by molar-refractivity contribution is 0.0950. The van der Waals surface area contributed by atoms with E-state index in [1.54, 1.807) is 49.6 Å². The third kappa shape index (κ3) is 4.75. The Bertz CT molecular complexity index is 787. The van der Waals surface area contributed by atoms with E-state index < -0.39 is 0 Å². The number of amides is 2. The summed E-state index contributed by atoms with van der Waals surface area (Å²) in [5.41, 5.74) is 1.20. The molecule has 0 atom stereocenters. The van der Waals surface area contributed by atoms with Crippen molar-refractivity contribution in [3.63, 3.8) is 0 Å². The van der Waals surface area contributed by atoms with Gasteiger partial charge in [-0.3, -0.25) is 9.59 Å². The maximum Gasteiger partial charge on any atom is 0.259 e. The third-order valence-corrected chi connectivity index (χ3v) is 3.74. The number of carbonyl (C=O) groups excluding carboxylic acids is 2. The number of carbonyl (C=O) groups is 2. The molecule has 6 nitrogen and oxygen atoms in total. The second-order valence-corrected chi connectivity index (χ2v) is 6.17. The first-order valence-corrected chi connectivity index (χ1v) is 8.36. The maximum atomic E-state index is 12.7. The molecule has 26 heavy (non-hydrogen) atoms. The number of anilines is 1. The third-order valence-electron chi connectivity index (χ3n) is 3.74. The first-order valence-electron chi connectivity index (χ1n) is 8.36. The summed E-state index contributed by atoms with van der Waals surface area (Å²) in [5.74, 6) is 0.727. The number of rotatable bonds is 7. The van der Waals surface area contributed by atoms with Gasteiger partial charge in [0.15, 0.2) is 0 Å². The molecule has 2 N–H and O–H groups in total. The molecule has 6 heteroatoms. The van der Waals surface area contributed by atoms with E-state index in [0.29, 0.717) is 40.8 Å². The summed E-state index contributed by atoms with van der Waals surface area (Å²) < 4.78 is 10.4. The minimum Gasteiger partial charge on any atom is -0.497 e. The predicted molar refractivity (Wildman–Crippen MR) is 101 cm³/mol. The predicted octanol–water partition coefficient (Wildman–Crippen LogP) is 3.34. The molecule has 0 aliphatic rings. The summed E-state index contributed by atoms with van der Waals surface area (Å²) in [6.07, 6.45) is 0. The molecule has 0 unspecified atom stereocenters. The van der Waals surface area contributed by atoms with E-state index in [4.69, 9.17) is 9.47 Å². The average molecular weight is 356 g/mol. The standard InChI is InChI=1S/C20H24N2O4/c1-13(2)12-21-19(23)15-7-5-6-8-17(15)22-20(24)16-10-9-14(25-3)11-18(16)26-4/h5-11,13H,12H2,1-4H3,(H,21,23)(H,22,24). The maximum absolute atomic E-state index is 12.7. The highest BCUT2D eigenvalue weighted by atomic mass is 16.5. The van der Waals surface area contributed by atoms with Crippen LogP contribution in [0.3, 0.4) is 0 Å². The van der Waals surface area contributed by atoms with Gasteiger partial charge in [0.2, 0.25) is 0 Å². The van der Waals surface area contributed by atoms with Gasteiger partial charge in [0.05, 0.1) is 31.0 Å². The summed E-state index contributed by atoms with van der Waals surface area (Å²) in [5, 5.41) is 5.64. The van der Waals surface area contributed by atoms with Gasteiger partial charge in [0.25, 0.3) is 11.8 Å². The van der Waals surface area contributed by atoms with Gasteiger partial charge in [-0.05, 0) is 30.2 Å². The molecule has 2 aromatic rings. The molecule has 0 aliphatic carbocycles. The fourth-order valence-corrected chi connectivity index (χ4v) is 2.36. The highest BCUT2D eigenvalue weighted by Gasteiger charge is 2.17. The highest BCUT2D eigenvalue weighted by Crippen LogP contribution is 2.26. The molecular formula is C20H24N2O4. The smallest absolute Gasteiger partial charge is 0.259 e. The Hall–Kier alpha value is -3.02. The number of ether oxygens (including phenoxy) is 2. The Kier molecular flexibility index (Phi) is 6.60. The largest absolute Gasteiger partial charge is 0.497 e. The molecule has 2 rings (SSSR count). The average Bonchev–Trinajstić information content (AvgIpc) is 2.65. The Morgan fingerprint density at radius 2 is 1.69 bits per heavy atom. The van der Waals surface area contributed by atoms with Gasteiger partial charge >= 0.3 is 0 Å².